The van der Waals surface area contributed by atoms with Crippen molar-refractivity contribution in [3.8, 4) is 0 Å². The van der Waals surface area contributed by atoms with Crippen molar-refractivity contribution in [3.05, 3.63) is 0 Å². The zero-order valence-electron chi connectivity index (χ0n) is 12.8. The highest BCUT2D eigenvalue weighted by molar-refractivity contribution is 5.65. The highest BCUT2D eigenvalue weighted by Gasteiger charge is 2.25. The molecule has 6 nitrogen and oxygen atoms in total. The summed E-state index contributed by atoms with van der Waals surface area (Å²) >= 11 is 0. The molecule has 0 aliphatic heterocycles. The van der Waals surface area contributed by atoms with E-state index in [4.69, 9.17) is 20.9 Å². The Hall–Kier alpha value is -1.46. The Morgan fingerprint density at radius 2 is 1.70 bits per heavy atom. The molecule has 0 spiro atoms. The molecule has 3 atom stereocenters. The highest BCUT2D eigenvalue weighted by atomic mass is 16.6. The summed E-state index contributed by atoms with van der Waals surface area (Å²) in [7, 11) is 0. The van der Waals surface area contributed by atoms with Gasteiger partial charge in [0.15, 0.2) is 0 Å². The molecule has 2 amide bonds. The average molecular weight is 288 g/mol. The number of hydrogen-bond acceptors (Lipinski definition) is 4. The van der Waals surface area contributed by atoms with Gasteiger partial charge >= 0.3 is 12.2 Å². The zero-order chi connectivity index (χ0) is 15.5. The lowest BCUT2D eigenvalue weighted by molar-refractivity contribution is 0.0443. The maximum Gasteiger partial charge on any atom is 0.404 e. The van der Waals surface area contributed by atoms with Crippen LogP contribution in [0.3, 0.4) is 0 Å². The first-order valence-electron chi connectivity index (χ1n) is 7.32. The summed E-state index contributed by atoms with van der Waals surface area (Å²) in [6, 6.07) is 0. The van der Waals surface area contributed by atoms with E-state index < -0.39 is 12.2 Å². The third-order valence-corrected chi connectivity index (χ3v) is 3.57. The van der Waals surface area contributed by atoms with Crippen molar-refractivity contribution in [1.82, 2.24) is 0 Å². The van der Waals surface area contributed by atoms with Gasteiger partial charge in [-0.05, 0) is 31.1 Å². The minimum atomic E-state index is -0.755. The quantitative estimate of drug-likeness (QED) is 0.644. The van der Waals surface area contributed by atoms with Crippen LogP contribution < -0.4 is 11.5 Å². The van der Waals surface area contributed by atoms with Crippen LogP contribution in [0.5, 0.6) is 0 Å². The van der Waals surface area contributed by atoms with E-state index in [1.165, 1.54) is 0 Å². The zero-order valence-corrected chi connectivity index (χ0v) is 12.8. The van der Waals surface area contributed by atoms with Gasteiger partial charge in [-0.15, -0.1) is 0 Å². The third-order valence-electron chi connectivity index (χ3n) is 3.57. The predicted octanol–water partition coefficient (Wildman–Crippen LogP) is 2.79. The van der Waals surface area contributed by atoms with Gasteiger partial charge in [0.2, 0.25) is 0 Å². The van der Waals surface area contributed by atoms with Crippen molar-refractivity contribution in [3.63, 3.8) is 0 Å². The molecule has 0 radical (unpaired) electrons. The Morgan fingerprint density at radius 3 is 2.10 bits per heavy atom. The fourth-order valence-corrected chi connectivity index (χ4v) is 2.39. The van der Waals surface area contributed by atoms with Crippen LogP contribution >= 0.6 is 0 Å². The molecular formula is C14H28N2O4. The van der Waals surface area contributed by atoms with Gasteiger partial charge in [0.1, 0.15) is 6.10 Å². The van der Waals surface area contributed by atoms with Gasteiger partial charge in [0.25, 0.3) is 0 Å². The number of ether oxygens (including phenoxy) is 2. The molecule has 0 aliphatic carbocycles. The lowest BCUT2D eigenvalue weighted by Gasteiger charge is -2.28. The molecule has 0 fully saturated rings. The van der Waals surface area contributed by atoms with Crippen molar-refractivity contribution in [2.75, 3.05) is 6.61 Å². The van der Waals surface area contributed by atoms with Crippen LogP contribution in [0.25, 0.3) is 0 Å². The predicted molar refractivity (Wildman–Crippen MR) is 77.1 cm³/mol. The van der Waals surface area contributed by atoms with Crippen LogP contribution in [0.4, 0.5) is 9.59 Å². The first-order chi connectivity index (χ1) is 9.44. The molecule has 3 unspecified atom stereocenters. The first kappa shape index (κ1) is 18.5. The summed E-state index contributed by atoms with van der Waals surface area (Å²) in [5.74, 6) is 0.423. The Labute approximate surface area is 121 Å². The van der Waals surface area contributed by atoms with E-state index in [-0.39, 0.29) is 17.9 Å². The van der Waals surface area contributed by atoms with Crippen LogP contribution in [0.2, 0.25) is 0 Å². The molecule has 6 heteroatoms. The van der Waals surface area contributed by atoms with Gasteiger partial charge in [0, 0.05) is 0 Å². The molecule has 0 aliphatic rings. The van der Waals surface area contributed by atoms with E-state index in [0.717, 1.165) is 32.1 Å². The lowest BCUT2D eigenvalue weighted by atomic mass is 9.85. The molecule has 20 heavy (non-hydrogen) atoms. The maximum atomic E-state index is 11.0. The number of amides is 2. The van der Waals surface area contributed by atoms with Crippen molar-refractivity contribution in [1.29, 1.82) is 0 Å². The number of carbonyl (C=O) groups excluding carboxylic acids is 2. The summed E-state index contributed by atoms with van der Waals surface area (Å²) in [5.41, 5.74) is 10.1. The van der Waals surface area contributed by atoms with Crippen LogP contribution in [-0.4, -0.2) is 24.9 Å². The largest absolute Gasteiger partial charge is 0.449 e. The van der Waals surface area contributed by atoms with Crippen LogP contribution in [0.1, 0.15) is 52.9 Å². The second-order valence-electron chi connectivity index (χ2n) is 5.07. The Balaban J connectivity index is 4.57. The summed E-state index contributed by atoms with van der Waals surface area (Å²) in [4.78, 5) is 21.7. The van der Waals surface area contributed by atoms with Crippen molar-refractivity contribution in [2.45, 2.75) is 59.0 Å². The molecular weight excluding hydrogens is 260 g/mol. The molecule has 0 aromatic carbocycles. The van der Waals surface area contributed by atoms with E-state index in [0.29, 0.717) is 6.61 Å². The number of hydrogen-bond donors (Lipinski definition) is 2. The summed E-state index contributed by atoms with van der Waals surface area (Å²) in [6.07, 6.45) is 2.61. The second-order valence-corrected chi connectivity index (χ2v) is 5.07. The highest BCUT2D eigenvalue weighted by Crippen LogP contribution is 2.26. The number of rotatable bonds is 10. The molecule has 118 valence electrons. The number of carbonyl (C=O) groups is 2. The normalized spacial score (nSPS) is 15.2. The Bertz CT molecular complexity index is 297. The standard InChI is InChI=1S/C14H28N2O4/c1-4-7-12(20-14(16)18)11(6-3)8-10(5-2)9-19-13(15)17/h10-12H,4-9H2,1-3H3,(H2,15,17)(H2,16,18). The Kier molecular flexibility index (Phi) is 9.59. The fraction of sp³-hybridized carbons (Fsp3) is 0.857. The van der Waals surface area contributed by atoms with Crippen LogP contribution in [0.15, 0.2) is 0 Å². The minimum absolute atomic E-state index is 0.176. The SMILES string of the molecule is CCCC(OC(N)=O)C(CC)CC(CC)COC(N)=O. The summed E-state index contributed by atoms with van der Waals surface area (Å²) in [6.45, 7) is 6.43. The van der Waals surface area contributed by atoms with E-state index in [1.54, 1.807) is 0 Å². The van der Waals surface area contributed by atoms with Gasteiger partial charge in [-0.1, -0.05) is 33.6 Å². The molecule has 0 aromatic heterocycles. The maximum absolute atomic E-state index is 11.0. The topological polar surface area (TPSA) is 105 Å². The van der Waals surface area contributed by atoms with Gasteiger partial charge in [-0.25, -0.2) is 9.59 Å². The smallest absolute Gasteiger partial charge is 0.404 e. The molecule has 0 bridgehead atoms. The summed E-state index contributed by atoms with van der Waals surface area (Å²) in [5, 5.41) is 0. The lowest BCUT2D eigenvalue weighted by Crippen LogP contribution is -2.31. The number of primary amides is 2. The van der Waals surface area contributed by atoms with Crippen molar-refractivity contribution < 1.29 is 19.1 Å². The molecule has 0 saturated carbocycles. The third kappa shape index (κ3) is 7.86. The Morgan fingerprint density at radius 1 is 1.05 bits per heavy atom. The van der Waals surface area contributed by atoms with Crippen LogP contribution in [-0.2, 0) is 9.47 Å². The van der Waals surface area contributed by atoms with E-state index in [2.05, 4.69) is 6.92 Å². The van der Waals surface area contributed by atoms with Gasteiger partial charge in [-0.3, -0.25) is 0 Å². The van der Waals surface area contributed by atoms with Crippen molar-refractivity contribution >= 4 is 12.2 Å². The van der Waals surface area contributed by atoms with Gasteiger partial charge < -0.3 is 20.9 Å². The molecule has 0 rings (SSSR count). The molecule has 0 aromatic rings. The molecule has 0 heterocycles. The summed E-state index contributed by atoms with van der Waals surface area (Å²) < 4.78 is 10.1. The average Bonchev–Trinajstić information content (AvgIpc) is 2.38. The van der Waals surface area contributed by atoms with Crippen molar-refractivity contribution in [2.24, 2.45) is 23.3 Å². The monoisotopic (exact) mass is 288 g/mol. The fourth-order valence-electron chi connectivity index (χ4n) is 2.39. The van der Waals surface area contributed by atoms with E-state index in [1.807, 2.05) is 13.8 Å². The minimum Gasteiger partial charge on any atom is -0.449 e. The number of nitrogens with two attached hydrogens (primary N) is 2. The van der Waals surface area contributed by atoms with Crippen LogP contribution in [0, 0.1) is 11.8 Å². The first-order valence-corrected chi connectivity index (χ1v) is 7.32. The second kappa shape index (κ2) is 10.3. The van der Waals surface area contributed by atoms with Gasteiger partial charge in [-0.2, -0.15) is 0 Å². The van der Waals surface area contributed by atoms with E-state index >= 15 is 0 Å². The molecule has 4 N–H and O–H groups in total. The van der Waals surface area contributed by atoms with Gasteiger partial charge in [0.05, 0.1) is 6.61 Å². The molecule has 0 saturated heterocycles. The van der Waals surface area contributed by atoms with E-state index in [9.17, 15) is 9.59 Å².